The summed E-state index contributed by atoms with van der Waals surface area (Å²) in [5.41, 5.74) is 4.10. The number of carbonyl (C=O) groups excluding carboxylic acids is 1. The lowest BCUT2D eigenvalue weighted by atomic mass is 10.2. The Morgan fingerprint density at radius 1 is 1.00 bits per heavy atom. The lowest BCUT2D eigenvalue weighted by Crippen LogP contribution is -2.34. The molecule has 1 unspecified atom stereocenters. The Labute approximate surface area is 116 Å². The van der Waals surface area contributed by atoms with Gasteiger partial charge in [0.25, 0.3) is 0 Å². The number of benzene rings is 2. The van der Waals surface area contributed by atoms with Gasteiger partial charge in [0.2, 0.25) is 0 Å². The van der Waals surface area contributed by atoms with Crippen LogP contribution >= 0.6 is 0 Å². The third kappa shape index (κ3) is 2.13. The molecule has 1 aromatic heterocycles. The minimum absolute atomic E-state index is 0.792. The smallest absolute Gasteiger partial charge is 0.344 e. The quantitative estimate of drug-likeness (QED) is 0.705. The standard InChI is InChI=1S/C13H11N3O3S/c17-13(15-20(18)19)14-16-11-7-3-1-5-9(11)10-6-2-4-8-12(10)16/h1-8H,(H,18,19)(H2,14,15,17)/p-1. The zero-order chi connectivity index (χ0) is 14.1. The van der Waals surface area contributed by atoms with E-state index >= 15 is 0 Å². The number of aromatic nitrogens is 1. The minimum atomic E-state index is -2.65. The number of nitrogens with zero attached hydrogens (tertiary/aromatic N) is 1. The summed E-state index contributed by atoms with van der Waals surface area (Å²) in [7, 11) is 0. The number of hydrogen-bond acceptors (Lipinski definition) is 3. The van der Waals surface area contributed by atoms with E-state index in [1.54, 1.807) is 9.40 Å². The maximum atomic E-state index is 11.6. The monoisotopic (exact) mass is 288 g/mol. The van der Waals surface area contributed by atoms with Crippen molar-refractivity contribution in [2.24, 2.45) is 0 Å². The molecule has 0 saturated heterocycles. The molecule has 3 aromatic rings. The zero-order valence-electron chi connectivity index (χ0n) is 10.2. The van der Waals surface area contributed by atoms with Gasteiger partial charge in [-0.25, -0.2) is 10.2 Å². The van der Waals surface area contributed by atoms with Crippen molar-refractivity contribution in [3.8, 4) is 0 Å². The van der Waals surface area contributed by atoms with E-state index in [-0.39, 0.29) is 0 Å². The van der Waals surface area contributed by atoms with E-state index < -0.39 is 17.3 Å². The van der Waals surface area contributed by atoms with Crippen LogP contribution in [0.3, 0.4) is 0 Å². The van der Waals surface area contributed by atoms with Gasteiger partial charge in [-0.2, -0.15) is 0 Å². The van der Waals surface area contributed by atoms with E-state index in [1.807, 2.05) is 48.5 Å². The summed E-state index contributed by atoms with van der Waals surface area (Å²) in [6, 6.07) is 14.3. The van der Waals surface area contributed by atoms with Gasteiger partial charge in [-0.05, 0) is 12.1 Å². The van der Waals surface area contributed by atoms with Gasteiger partial charge in [0.15, 0.2) is 0 Å². The fourth-order valence-electron chi connectivity index (χ4n) is 2.24. The molecule has 102 valence electrons. The summed E-state index contributed by atoms with van der Waals surface area (Å²) in [6.45, 7) is 0. The van der Waals surface area contributed by atoms with E-state index in [0.717, 1.165) is 21.8 Å². The van der Waals surface area contributed by atoms with Gasteiger partial charge in [0.05, 0.1) is 11.0 Å². The average molecular weight is 288 g/mol. The predicted octanol–water partition coefficient (Wildman–Crippen LogP) is 1.84. The van der Waals surface area contributed by atoms with Crippen LogP contribution in [-0.4, -0.2) is 19.5 Å². The number of amides is 2. The van der Waals surface area contributed by atoms with Crippen molar-refractivity contribution in [2.75, 3.05) is 5.43 Å². The van der Waals surface area contributed by atoms with Crippen molar-refractivity contribution in [3.63, 3.8) is 0 Å². The maximum absolute atomic E-state index is 11.6. The highest BCUT2D eigenvalue weighted by Crippen LogP contribution is 2.27. The molecule has 3 rings (SSSR count). The van der Waals surface area contributed by atoms with E-state index in [9.17, 15) is 13.6 Å². The highest BCUT2D eigenvalue weighted by atomic mass is 32.2. The molecule has 2 aromatic carbocycles. The van der Waals surface area contributed by atoms with E-state index in [2.05, 4.69) is 5.43 Å². The average Bonchev–Trinajstić information content (AvgIpc) is 2.73. The Hall–Kier alpha value is -2.38. The molecular weight excluding hydrogens is 278 g/mol. The summed E-state index contributed by atoms with van der Waals surface area (Å²) in [6.07, 6.45) is 0. The second-order valence-electron chi connectivity index (χ2n) is 4.15. The number of rotatable bonds is 2. The van der Waals surface area contributed by atoms with Crippen LogP contribution in [0.5, 0.6) is 0 Å². The van der Waals surface area contributed by atoms with Gasteiger partial charge >= 0.3 is 6.03 Å². The third-order valence-electron chi connectivity index (χ3n) is 2.97. The largest absolute Gasteiger partial charge is 0.755 e. The summed E-state index contributed by atoms with van der Waals surface area (Å²) < 4.78 is 24.3. The van der Waals surface area contributed by atoms with Gasteiger partial charge in [0, 0.05) is 22.0 Å². The lowest BCUT2D eigenvalue weighted by Gasteiger charge is -2.11. The van der Waals surface area contributed by atoms with Crippen LogP contribution in [-0.2, 0) is 11.3 Å². The molecule has 0 aliphatic rings. The molecule has 1 heterocycles. The van der Waals surface area contributed by atoms with Crippen molar-refractivity contribution >= 4 is 39.1 Å². The molecule has 0 bridgehead atoms. The van der Waals surface area contributed by atoms with Gasteiger partial charge in [-0.1, -0.05) is 36.4 Å². The molecule has 6 nitrogen and oxygen atoms in total. The van der Waals surface area contributed by atoms with Crippen molar-refractivity contribution in [3.05, 3.63) is 48.5 Å². The van der Waals surface area contributed by atoms with E-state index in [1.165, 1.54) is 0 Å². The number of urea groups is 1. The number of fused-ring (bicyclic) bond motifs is 3. The SMILES string of the molecule is O=C(Nn1c2ccccc2c2ccccc21)NS(=O)[O-]. The van der Waals surface area contributed by atoms with Crippen molar-refractivity contribution < 1.29 is 13.6 Å². The first-order valence-electron chi connectivity index (χ1n) is 5.82. The van der Waals surface area contributed by atoms with E-state index in [4.69, 9.17) is 0 Å². The maximum Gasteiger partial charge on any atom is 0.344 e. The van der Waals surface area contributed by atoms with Crippen LogP contribution in [0.25, 0.3) is 21.8 Å². The fourth-order valence-corrected chi connectivity index (χ4v) is 2.44. The molecule has 1 atom stereocenters. The minimum Gasteiger partial charge on any atom is -0.755 e. The van der Waals surface area contributed by atoms with Crippen LogP contribution in [0.1, 0.15) is 0 Å². The molecule has 0 aliphatic heterocycles. The van der Waals surface area contributed by atoms with Crippen molar-refractivity contribution in [1.82, 2.24) is 9.40 Å². The van der Waals surface area contributed by atoms with Gasteiger partial charge in [-0.3, -0.25) is 13.6 Å². The molecular formula is C13H10N3O3S-. The highest BCUT2D eigenvalue weighted by Gasteiger charge is 2.11. The Kier molecular flexibility index (Phi) is 3.13. The summed E-state index contributed by atoms with van der Waals surface area (Å²) in [5.74, 6) is 0. The van der Waals surface area contributed by atoms with Crippen LogP contribution in [0.4, 0.5) is 4.79 Å². The summed E-state index contributed by atoms with van der Waals surface area (Å²) >= 11 is -2.65. The molecule has 0 aliphatic carbocycles. The second-order valence-corrected chi connectivity index (χ2v) is 4.82. The Bertz CT molecular complexity index is 775. The number of nitrogens with one attached hydrogen (secondary N) is 2. The predicted molar refractivity (Wildman–Crippen MR) is 76.3 cm³/mol. The van der Waals surface area contributed by atoms with Gasteiger partial charge < -0.3 is 4.55 Å². The Balaban J connectivity index is 2.16. The molecule has 7 heteroatoms. The number of carbonyl (C=O) groups is 1. The fraction of sp³-hybridized carbons (Fsp3) is 0. The molecule has 2 amide bonds. The molecule has 0 spiro atoms. The van der Waals surface area contributed by atoms with E-state index in [0.29, 0.717) is 0 Å². The molecule has 0 radical (unpaired) electrons. The van der Waals surface area contributed by atoms with Crippen LogP contribution in [0.2, 0.25) is 0 Å². The number of hydrogen-bond donors (Lipinski definition) is 2. The second kappa shape index (κ2) is 4.95. The Morgan fingerprint density at radius 3 is 2.00 bits per heavy atom. The number of para-hydroxylation sites is 2. The van der Waals surface area contributed by atoms with Crippen LogP contribution < -0.4 is 10.1 Å². The third-order valence-corrected chi connectivity index (χ3v) is 3.32. The molecule has 0 saturated carbocycles. The lowest BCUT2D eigenvalue weighted by molar-refractivity contribution is 0.254. The van der Waals surface area contributed by atoms with Crippen LogP contribution in [0, 0.1) is 0 Å². The van der Waals surface area contributed by atoms with Crippen LogP contribution in [0.15, 0.2) is 48.5 Å². The summed E-state index contributed by atoms with van der Waals surface area (Å²) in [4.78, 5) is 11.6. The first-order chi connectivity index (χ1) is 9.66. The van der Waals surface area contributed by atoms with Gasteiger partial charge in [0.1, 0.15) is 0 Å². The van der Waals surface area contributed by atoms with Crippen molar-refractivity contribution in [2.45, 2.75) is 0 Å². The molecule has 0 fully saturated rings. The van der Waals surface area contributed by atoms with Crippen molar-refractivity contribution in [1.29, 1.82) is 0 Å². The van der Waals surface area contributed by atoms with Gasteiger partial charge in [-0.15, -0.1) is 0 Å². The first kappa shape index (κ1) is 12.6. The topological polar surface area (TPSA) is 86.2 Å². The Morgan fingerprint density at radius 2 is 1.50 bits per heavy atom. The molecule has 20 heavy (non-hydrogen) atoms. The highest BCUT2D eigenvalue weighted by molar-refractivity contribution is 7.77. The first-order valence-corrected chi connectivity index (χ1v) is 6.89. The normalized spacial score (nSPS) is 12.4. The summed E-state index contributed by atoms with van der Waals surface area (Å²) in [5, 5.41) is 1.96. The molecule has 2 N–H and O–H groups in total. The zero-order valence-corrected chi connectivity index (χ0v) is 11.0.